The van der Waals surface area contributed by atoms with Gasteiger partial charge in [0.1, 0.15) is 17.0 Å². The average Bonchev–Trinajstić information content (AvgIpc) is 3.01. The van der Waals surface area contributed by atoms with Crippen molar-refractivity contribution in [3.05, 3.63) is 29.6 Å². The molecule has 188 valence electrons. The molecule has 34 heavy (non-hydrogen) atoms. The van der Waals surface area contributed by atoms with Gasteiger partial charge in [-0.1, -0.05) is 13.8 Å². The number of likely N-dealkylation sites (tertiary alicyclic amines) is 1. The normalized spacial score (nSPS) is 17.6. The Balaban J connectivity index is 0.00000199. The van der Waals surface area contributed by atoms with Gasteiger partial charge in [-0.3, -0.25) is 9.39 Å². The number of fused-ring (bicyclic) bond motifs is 1. The van der Waals surface area contributed by atoms with Gasteiger partial charge in [-0.2, -0.15) is 5.10 Å². The summed E-state index contributed by atoms with van der Waals surface area (Å²) in [6.45, 7) is 14.8. The van der Waals surface area contributed by atoms with Crippen molar-refractivity contribution in [3.63, 3.8) is 0 Å². The molecule has 1 unspecified atom stereocenters. The van der Waals surface area contributed by atoms with Crippen LogP contribution in [-0.2, 0) is 4.74 Å². The minimum Gasteiger partial charge on any atom is -0.482 e. The zero-order valence-corrected chi connectivity index (χ0v) is 21.9. The molecule has 1 aliphatic rings. The van der Waals surface area contributed by atoms with E-state index in [1.807, 2.05) is 65.0 Å². The molecule has 2 N–H and O–H groups in total. The number of hydrazone groups is 1. The molecule has 0 radical (unpaired) electrons. The van der Waals surface area contributed by atoms with E-state index in [2.05, 4.69) is 10.1 Å². The molecule has 3 rings (SSSR count). The van der Waals surface area contributed by atoms with Gasteiger partial charge in [-0.15, -0.1) is 0 Å². The minimum absolute atomic E-state index is 0.0819. The van der Waals surface area contributed by atoms with Gasteiger partial charge >= 0.3 is 6.09 Å². The number of ether oxygens (including phenoxy) is 2. The SMILES string of the molecule is CC.COc1cc(/C(=N/N)C(C)=NC2CCCN(C(=O)OC(C)(C)C)CC2)cc2ncc(C)n12. The Bertz CT molecular complexity index is 1040. The number of hydrogen-bond acceptors (Lipinski definition) is 7. The first-order valence-electron chi connectivity index (χ1n) is 12.0. The molecule has 0 aromatic carbocycles. The molecular formula is C25H40N6O3. The Kier molecular flexibility index (Phi) is 9.46. The third kappa shape index (κ3) is 6.71. The van der Waals surface area contributed by atoms with E-state index in [-0.39, 0.29) is 12.1 Å². The Morgan fingerprint density at radius 2 is 1.91 bits per heavy atom. The lowest BCUT2D eigenvalue weighted by atomic mass is 10.1. The molecule has 0 saturated carbocycles. The zero-order chi connectivity index (χ0) is 25.5. The summed E-state index contributed by atoms with van der Waals surface area (Å²) in [5.74, 6) is 6.43. The van der Waals surface area contributed by atoms with Crippen molar-refractivity contribution in [3.8, 4) is 5.88 Å². The fourth-order valence-corrected chi connectivity index (χ4v) is 3.94. The number of pyridine rings is 1. The number of nitrogens with zero attached hydrogens (tertiary/aromatic N) is 5. The maximum Gasteiger partial charge on any atom is 0.410 e. The lowest BCUT2D eigenvalue weighted by Crippen LogP contribution is -2.37. The van der Waals surface area contributed by atoms with Gasteiger partial charge in [-0.05, 0) is 59.9 Å². The summed E-state index contributed by atoms with van der Waals surface area (Å²) in [4.78, 5) is 23.5. The molecular weight excluding hydrogens is 432 g/mol. The van der Waals surface area contributed by atoms with Crippen LogP contribution in [0.25, 0.3) is 5.65 Å². The highest BCUT2D eigenvalue weighted by Crippen LogP contribution is 2.22. The summed E-state index contributed by atoms with van der Waals surface area (Å²) >= 11 is 0. The molecule has 2 aromatic rings. The maximum absolute atomic E-state index is 12.4. The van der Waals surface area contributed by atoms with Gasteiger partial charge in [0, 0.05) is 36.6 Å². The number of hydrogen-bond donors (Lipinski definition) is 1. The van der Waals surface area contributed by atoms with Gasteiger partial charge in [0.15, 0.2) is 5.88 Å². The lowest BCUT2D eigenvalue weighted by molar-refractivity contribution is 0.0256. The van der Waals surface area contributed by atoms with Gasteiger partial charge in [-0.25, -0.2) is 9.78 Å². The summed E-state index contributed by atoms with van der Waals surface area (Å²) in [5, 5.41) is 4.03. The molecule has 9 nitrogen and oxygen atoms in total. The number of carbonyl (C=O) groups is 1. The van der Waals surface area contributed by atoms with Crippen molar-refractivity contribution in [2.45, 2.75) is 79.4 Å². The van der Waals surface area contributed by atoms with Crippen molar-refractivity contribution in [1.29, 1.82) is 0 Å². The number of aliphatic imine (C=N–C) groups is 1. The van der Waals surface area contributed by atoms with Crippen LogP contribution in [0.3, 0.4) is 0 Å². The van der Waals surface area contributed by atoms with Crippen LogP contribution in [0.4, 0.5) is 4.79 Å². The highest BCUT2D eigenvalue weighted by molar-refractivity contribution is 6.47. The fourth-order valence-electron chi connectivity index (χ4n) is 3.94. The second kappa shape index (κ2) is 11.9. The molecule has 0 aliphatic carbocycles. The lowest BCUT2D eigenvalue weighted by Gasteiger charge is -2.26. The number of amides is 1. The van der Waals surface area contributed by atoms with Crippen LogP contribution in [0, 0.1) is 6.92 Å². The average molecular weight is 473 g/mol. The molecule has 9 heteroatoms. The van der Waals surface area contributed by atoms with Crippen molar-refractivity contribution < 1.29 is 14.3 Å². The predicted octanol–water partition coefficient (Wildman–Crippen LogP) is 4.59. The maximum atomic E-state index is 12.4. The van der Waals surface area contributed by atoms with Crippen molar-refractivity contribution >= 4 is 23.2 Å². The van der Waals surface area contributed by atoms with E-state index >= 15 is 0 Å². The Morgan fingerprint density at radius 1 is 1.21 bits per heavy atom. The van der Waals surface area contributed by atoms with Gasteiger partial charge in [0.05, 0.1) is 18.9 Å². The second-order valence-electron chi connectivity index (χ2n) is 9.12. The largest absolute Gasteiger partial charge is 0.482 e. The topological polar surface area (TPSA) is 107 Å². The molecule has 2 aromatic heterocycles. The molecule has 1 atom stereocenters. The molecule has 1 saturated heterocycles. The zero-order valence-electron chi connectivity index (χ0n) is 21.9. The van der Waals surface area contributed by atoms with Gasteiger partial charge in [0.2, 0.25) is 0 Å². The number of methoxy groups -OCH3 is 1. The fraction of sp³-hybridized carbons (Fsp3) is 0.600. The molecule has 3 heterocycles. The van der Waals surface area contributed by atoms with Crippen LogP contribution in [0.5, 0.6) is 5.88 Å². The van der Waals surface area contributed by atoms with Crippen molar-refractivity contribution in [2.75, 3.05) is 20.2 Å². The molecule has 0 bridgehead atoms. The van der Waals surface area contributed by atoms with Crippen LogP contribution in [0.2, 0.25) is 0 Å². The van der Waals surface area contributed by atoms with Crippen LogP contribution in [-0.4, -0.2) is 63.6 Å². The Morgan fingerprint density at radius 3 is 2.53 bits per heavy atom. The molecule has 0 spiro atoms. The summed E-state index contributed by atoms with van der Waals surface area (Å²) in [6, 6.07) is 3.90. The van der Waals surface area contributed by atoms with E-state index in [4.69, 9.17) is 20.3 Å². The highest BCUT2D eigenvalue weighted by Gasteiger charge is 2.25. The summed E-state index contributed by atoms with van der Waals surface area (Å²) in [5.41, 5.74) is 3.38. The Hall–Kier alpha value is -3.10. The third-order valence-electron chi connectivity index (χ3n) is 5.43. The number of aryl methyl sites for hydroxylation is 1. The molecule has 1 amide bonds. The van der Waals surface area contributed by atoms with E-state index in [9.17, 15) is 4.79 Å². The van der Waals surface area contributed by atoms with E-state index in [1.165, 1.54) is 0 Å². The molecule has 1 fully saturated rings. The van der Waals surface area contributed by atoms with Gasteiger partial charge < -0.3 is 20.2 Å². The number of imidazole rings is 1. The molecule has 1 aliphatic heterocycles. The van der Waals surface area contributed by atoms with Crippen molar-refractivity contribution in [2.24, 2.45) is 15.9 Å². The number of rotatable bonds is 4. The Labute approximate surface area is 203 Å². The second-order valence-corrected chi connectivity index (χ2v) is 9.12. The summed E-state index contributed by atoms with van der Waals surface area (Å²) in [6.07, 6.45) is 4.04. The van der Waals surface area contributed by atoms with E-state index < -0.39 is 5.60 Å². The van der Waals surface area contributed by atoms with Crippen molar-refractivity contribution in [1.82, 2.24) is 14.3 Å². The number of aromatic nitrogens is 2. The summed E-state index contributed by atoms with van der Waals surface area (Å²) < 4.78 is 13.0. The van der Waals surface area contributed by atoms with Crippen LogP contribution in [0.15, 0.2) is 28.4 Å². The van der Waals surface area contributed by atoms with Crippen LogP contribution < -0.4 is 10.6 Å². The highest BCUT2D eigenvalue weighted by atomic mass is 16.6. The smallest absolute Gasteiger partial charge is 0.410 e. The van der Waals surface area contributed by atoms with Gasteiger partial charge in [0.25, 0.3) is 0 Å². The van der Waals surface area contributed by atoms with E-state index in [0.29, 0.717) is 24.7 Å². The first kappa shape index (κ1) is 27.1. The standard InChI is InChI=1S/C23H34N6O3.C2H6/c1-15-14-25-19-12-17(13-20(31-6)29(15)19)21(27-24)16(2)26-18-8-7-10-28(11-9-18)22(30)32-23(3,4)5;1-2/h12-14,18H,7-11,24H2,1-6H3;1-2H3/b26-16?,27-21+;. The third-order valence-corrected chi connectivity index (χ3v) is 5.43. The first-order chi connectivity index (χ1) is 16.1. The van der Waals surface area contributed by atoms with Crippen LogP contribution in [0.1, 0.15) is 72.1 Å². The minimum atomic E-state index is -0.500. The number of nitrogens with two attached hydrogens (primary N) is 1. The number of carbonyl (C=O) groups excluding carboxylic acids is 1. The van der Waals surface area contributed by atoms with E-state index in [1.54, 1.807) is 18.2 Å². The van der Waals surface area contributed by atoms with E-state index in [0.717, 1.165) is 41.9 Å². The first-order valence-corrected chi connectivity index (χ1v) is 12.0. The van der Waals surface area contributed by atoms with Crippen LogP contribution >= 0.6 is 0 Å². The monoisotopic (exact) mass is 472 g/mol. The quantitative estimate of drug-likeness (QED) is 0.398. The summed E-state index contributed by atoms with van der Waals surface area (Å²) in [7, 11) is 1.63. The predicted molar refractivity (Wildman–Crippen MR) is 137 cm³/mol.